The number of nitrogens with zero attached hydrogens (tertiary/aromatic N) is 2. The van der Waals surface area contributed by atoms with Gasteiger partial charge in [0.25, 0.3) is 0 Å². The van der Waals surface area contributed by atoms with E-state index in [0.29, 0.717) is 40.9 Å². The molecule has 0 saturated carbocycles. The fourth-order valence-electron chi connectivity index (χ4n) is 2.38. The van der Waals surface area contributed by atoms with Crippen LogP contribution in [0.4, 0.5) is 0 Å². The van der Waals surface area contributed by atoms with Gasteiger partial charge in [-0.25, -0.2) is 9.97 Å². The molecule has 0 atom stereocenters. The molecule has 1 aromatic heterocycles. The van der Waals surface area contributed by atoms with E-state index < -0.39 is 0 Å². The molecule has 0 unspecified atom stereocenters. The van der Waals surface area contributed by atoms with Crippen LogP contribution < -0.4 is 14.2 Å². The minimum absolute atomic E-state index is 0.0505. The Hall–Kier alpha value is -3.28. The summed E-state index contributed by atoms with van der Waals surface area (Å²) in [5.41, 5.74) is 0.997. The Morgan fingerprint density at radius 2 is 1.84 bits per heavy atom. The van der Waals surface area contributed by atoms with Gasteiger partial charge in [-0.15, -0.1) is 0 Å². The zero-order valence-electron chi connectivity index (χ0n) is 14.0. The molecule has 128 valence electrons. The summed E-state index contributed by atoms with van der Waals surface area (Å²) in [7, 11) is 1.57. The van der Waals surface area contributed by atoms with Gasteiger partial charge in [-0.3, -0.25) is 0 Å². The second kappa shape index (κ2) is 7.53. The summed E-state index contributed by atoms with van der Waals surface area (Å²) in [4.78, 5) is 8.28. The topological polar surface area (TPSA) is 73.7 Å². The molecule has 3 rings (SSSR count). The fraction of sp³-hybridized carbons (Fsp3) is 0.158. The molecular formula is C19H18N2O4. The lowest BCUT2D eigenvalue weighted by molar-refractivity contribution is 0.338. The molecule has 2 aromatic carbocycles. The third kappa shape index (κ3) is 3.63. The van der Waals surface area contributed by atoms with Crippen LogP contribution in [0, 0.1) is 0 Å². The fourth-order valence-corrected chi connectivity index (χ4v) is 2.38. The van der Waals surface area contributed by atoms with Crippen molar-refractivity contribution in [2.45, 2.75) is 6.92 Å². The highest BCUT2D eigenvalue weighted by Crippen LogP contribution is 2.39. The first-order valence-electron chi connectivity index (χ1n) is 7.80. The molecule has 0 aliphatic heterocycles. The number of hydrogen-bond donors (Lipinski definition) is 1. The number of rotatable bonds is 6. The second-order valence-electron chi connectivity index (χ2n) is 5.10. The van der Waals surface area contributed by atoms with Crippen LogP contribution in [-0.2, 0) is 0 Å². The van der Waals surface area contributed by atoms with E-state index in [-0.39, 0.29) is 5.75 Å². The Balaban J connectivity index is 1.99. The summed E-state index contributed by atoms with van der Waals surface area (Å²) in [5, 5.41) is 10.3. The molecule has 0 spiro atoms. The lowest BCUT2D eigenvalue weighted by atomic mass is 10.1. The van der Waals surface area contributed by atoms with E-state index >= 15 is 0 Å². The number of methoxy groups -OCH3 is 1. The van der Waals surface area contributed by atoms with Crippen molar-refractivity contribution in [2.75, 3.05) is 13.7 Å². The second-order valence-corrected chi connectivity index (χ2v) is 5.10. The van der Waals surface area contributed by atoms with Crippen LogP contribution in [0.25, 0.3) is 11.3 Å². The van der Waals surface area contributed by atoms with Crippen molar-refractivity contribution in [3.8, 4) is 40.0 Å². The van der Waals surface area contributed by atoms with Crippen LogP contribution in [0.5, 0.6) is 28.7 Å². The third-order valence-corrected chi connectivity index (χ3v) is 3.50. The Morgan fingerprint density at radius 3 is 2.56 bits per heavy atom. The molecule has 25 heavy (non-hydrogen) atoms. The standard InChI is InChI=1S/C19H18N2O4/c1-3-24-13-8-9-14(15(22)10-13)19-18(11-20-12-21-19)25-17-7-5-4-6-16(17)23-2/h4-12,22H,3H2,1-2H3. The summed E-state index contributed by atoms with van der Waals surface area (Å²) >= 11 is 0. The van der Waals surface area contributed by atoms with E-state index in [9.17, 15) is 5.11 Å². The molecule has 1 N–H and O–H groups in total. The number of phenols is 1. The van der Waals surface area contributed by atoms with Crippen LogP contribution in [0.2, 0.25) is 0 Å². The molecule has 1 heterocycles. The van der Waals surface area contributed by atoms with Crippen LogP contribution in [0.15, 0.2) is 55.0 Å². The van der Waals surface area contributed by atoms with Crippen molar-refractivity contribution >= 4 is 0 Å². The molecular weight excluding hydrogens is 320 g/mol. The number of ether oxygens (including phenoxy) is 3. The minimum atomic E-state index is 0.0505. The molecule has 0 bridgehead atoms. The van der Waals surface area contributed by atoms with Crippen molar-refractivity contribution in [2.24, 2.45) is 0 Å². The third-order valence-electron chi connectivity index (χ3n) is 3.50. The van der Waals surface area contributed by atoms with Gasteiger partial charge in [0.1, 0.15) is 23.5 Å². The Morgan fingerprint density at radius 1 is 1.04 bits per heavy atom. The quantitative estimate of drug-likeness (QED) is 0.731. The smallest absolute Gasteiger partial charge is 0.172 e. The largest absolute Gasteiger partial charge is 0.507 e. The molecule has 0 radical (unpaired) electrons. The summed E-state index contributed by atoms with van der Waals surface area (Å²) < 4.78 is 16.6. The van der Waals surface area contributed by atoms with Crippen molar-refractivity contribution in [1.82, 2.24) is 9.97 Å². The molecule has 0 aliphatic rings. The van der Waals surface area contributed by atoms with E-state index in [0.717, 1.165) is 0 Å². The van der Waals surface area contributed by atoms with E-state index in [4.69, 9.17) is 14.2 Å². The first-order valence-corrected chi connectivity index (χ1v) is 7.80. The number of aromatic nitrogens is 2. The Labute approximate surface area is 145 Å². The van der Waals surface area contributed by atoms with Gasteiger partial charge in [-0.05, 0) is 31.2 Å². The maximum absolute atomic E-state index is 10.3. The zero-order valence-corrected chi connectivity index (χ0v) is 14.0. The summed E-state index contributed by atoms with van der Waals surface area (Å²) in [5.74, 6) is 2.17. The van der Waals surface area contributed by atoms with Gasteiger partial charge in [0.15, 0.2) is 17.2 Å². The predicted molar refractivity (Wildman–Crippen MR) is 93.4 cm³/mol. The maximum Gasteiger partial charge on any atom is 0.172 e. The van der Waals surface area contributed by atoms with Gasteiger partial charge < -0.3 is 19.3 Å². The highest BCUT2D eigenvalue weighted by atomic mass is 16.5. The number of aromatic hydroxyl groups is 1. The van der Waals surface area contributed by atoms with E-state index in [2.05, 4.69) is 9.97 Å². The molecule has 0 aliphatic carbocycles. The van der Waals surface area contributed by atoms with Crippen LogP contribution in [0.1, 0.15) is 6.92 Å². The highest BCUT2D eigenvalue weighted by molar-refractivity contribution is 5.73. The Bertz CT molecular complexity index is 868. The van der Waals surface area contributed by atoms with Gasteiger partial charge in [0.05, 0.1) is 19.9 Å². The lowest BCUT2D eigenvalue weighted by Gasteiger charge is -2.13. The lowest BCUT2D eigenvalue weighted by Crippen LogP contribution is -1.96. The van der Waals surface area contributed by atoms with Crippen LogP contribution in [-0.4, -0.2) is 28.8 Å². The van der Waals surface area contributed by atoms with Gasteiger partial charge in [0, 0.05) is 11.6 Å². The number of phenolic OH excluding ortho intramolecular Hbond substituents is 1. The first kappa shape index (κ1) is 16.6. The van der Waals surface area contributed by atoms with Crippen molar-refractivity contribution in [3.63, 3.8) is 0 Å². The van der Waals surface area contributed by atoms with E-state index in [1.165, 1.54) is 6.33 Å². The van der Waals surface area contributed by atoms with Gasteiger partial charge in [-0.1, -0.05) is 12.1 Å². The molecule has 3 aromatic rings. The number of para-hydroxylation sites is 2. The van der Waals surface area contributed by atoms with E-state index in [1.54, 1.807) is 43.6 Å². The highest BCUT2D eigenvalue weighted by Gasteiger charge is 2.15. The van der Waals surface area contributed by atoms with Crippen molar-refractivity contribution < 1.29 is 19.3 Å². The normalized spacial score (nSPS) is 10.3. The predicted octanol–water partition coefficient (Wildman–Crippen LogP) is 4.05. The zero-order chi connectivity index (χ0) is 17.6. The first-order chi connectivity index (χ1) is 12.2. The molecule has 0 saturated heterocycles. The summed E-state index contributed by atoms with van der Waals surface area (Å²) in [6.45, 7) is 2.41. The summed E-state index contributed by atoms with van der Waals surface area (Å²) in [6.07, 6.45) is 2.95. The van der Waals surface area contributed by atoms with Crippen molar-refractivity contribution in [1.29, 1.82) is 0 Å². The average molecular weight is 338 g/mol. The maximum atomic E-state index is 10.3. The number of benzene rings is 2. The van der Waals surface area contributed by atoms with Gasteiger partial charge >= 0.3 is 0 Å². The van der Waals surface area contributed by atoms with E-state index in [1.807, 2.05) is 19.1 Å². The van der Waals surface area contributed by atoms with Crippen LogP contribution >= 0.6 is 0 Å². The van der Waals surface area contributed by atoms with Crippen molar-refractivity contribution in [3.05, 3.63) is 55.0 Å². The monoisotopic (exact) mass is 338 g/mol. The van der Waals surface area contributed by atoms with Gasteiger partial charge in [-0.2, -0.15) is 0 Å². The summed E-state index contributed by atoms with van der Waals surface area (Å²) in [6, 6.07) is 12.3. The molecule has 0 amide bonds. The SMILES string of the molecule is CCOc1ccc(-c2ncncc2Oc2ccccc2OC)c(O)c1. The minimum Gasteiger partial charge on any atom is -0.507 e. The Kier molecular flexibility index (Phi) is 4.99. The van der Waals surface area contributed by atoms with Gasteiger partial charge in [0.2, 0.25) is 0 Å². The molecule has 0 fully saturated rings. The number of hydrogen-bond acceptors (Lipinski definition) is 6. The molecule has 6 heteroatoms. The molecule has 6 nitrogen and oxygen atoms in total. The van der Waals surface area contributed by atoms with Crippen LogP contribution in [0.3, 0.4) is 0 Å². The average Bonchev–Trinajstić information content (AvgIpc) is 2.63.